The summed E-state index contributed by atoms with van der Waals surface area (Å²) in [5.74, 6) is -0.972. The fourth-order valence-electron chi connectivity index (χ4n) is 1.71. The third-order valence-corrected chi connectivity index (χ3v) is 2.93. The lowest BCUT2D eigenvalue weighted by Gasteiger charge is -2.10. The van der Waals surface area contributed by atoms with Crippen LogP contribution in [0.1, 0.15) is 13.8 Å². The Hall–Kier alpha value is -2.09. The van der Waals surface area contributed by atoms with Crippen molar-refractivity contribution in [2.24, 2.45) is 5.92 Å². The first-order valence-corrected chi connectivity index (χ1v) is 6.01. The maximum atomic E-state index is 9.70. The molecule has 2 aromatic rings. The Bertz CT molecular complexity index is 451. The highest BCUT2D eigenvalue weighted by atomic mass is 16.4. The number of carbonyl (C=O) groups is 1. The van der Waals surface area contributed by atoms with E-state index in [1.165, 1.54) is 22.3 Å². The zero-order valence-electron chi connectivity index (χ0n) is 10.6. The van der Waals surface area contributed by atoms with Crippen molar-refractivity contribution in [3.05, 3.63) is 48.5 Å². The number of benzene rings is 2. The molecule has 0 saturated carbocycles. The summed E-state index contributed by atoms with van der Waals surface area (Å²) in [6.45, 7) is 3.28. The molecular formula is C16H16O2. The first-order chi connectivity index (χ1) is 8.58. The Labute approximate surface area is 107 Å². The highest BCUT2D eigenvalue weighted by molar-refractivity contribution is 5.76. The van der Waals surface area contributed by atoms with Crippen molar-refractivity contribution in [3.63, 3.8) is 0 Å². The molecule has 0 aliphatic heterocycles. The average molecular weight is 240 g/mol. The third kappa shape index (κ3) is 2.59. The number of carboxylic acids is 1. The van der Waals surface area contributed by atoms with Gasteiger partial charge in [-0.2, -0.15) is 0 Å². The standard InChI is InChI=1S/C12H8.C4H8O2/c1-2-10-4-3-9(1)11-5-7-12(10)8-6-11;1-3(2)4(5)6/h1-8H;3H,1-2H3,(H,5,6). The number of carboxylic acid groups (broad SMARTS) is 1. The summed E-state index contributed by atoms with van der Waals surface area (Å²) in [5, 5.41) is 7.99. The molecule has 0 heterocycles. The van der Waals surface area contributed by atoms with Gasteiger partial charge >= 0.3 is 5.97 Å². The molecule has 0 saturated heterocycles. The van der Waals surface area contributed by atoms with Crippen LogP contribution >= 0.6 is 0 Å². The SMILES string of the molecule is CC(C)C(=O)O.c1cc2ccc1-c1ccc-2cc1. The Morgan fingerprint density at radius 1 is 0.778 bits per heavy atom. The van der Waals surface area contributed by atoms with Gasteiger partial charge in [-0.1, -0.05) is 62.4 Å². The molecule has 0 amide bonds. The van der Waals surface area contributed by atoms with Crippen molar-refractivity contribution in [1.29, 1.82) is 0 Å². The minimum Gasteiger partial charge on any atom is -0.481 e. The van der Waals surface area contributed by atoms with Gasteiger partial charge in [0.1, 0.15) is 0 Å². The third-order valence-electron chi connectivity index (χ3n) is 2.93. The minimum absolute atomic E-state index is 0.231. The van der Waals surface area contributed by atoms with E-state index in [0.717, 1.165) is 0 Å². The van der Waals surface area contributed by atoms with Gasteiger partial charge in [-0.05, 0) is 22.3 Å². The van der Waals surface area contributed by atoms with Crippen LogP contribution in [0.2, 0.25) is 0 Å². The van der Waals surface area contributed by atoms with Crippen molar-refractivity contribution in [2.75, 3.05) is 0 Å². The van der Waals surface area contributed by atoms with Gasteiger partial charge in [0.2, 0.25) is 0 Å². The van der Waals surface area contributed by atoms with Gasteiger partial charge in [-0.3, -0.25) is 4.79 Å². The van der Waals surface area contributed by atoms with Crippen LogP contribution in [0.25, 0.3) is 22.3 Å². The molecule has 0 aromatic heterocycles. The van der Waals surface area contributed by atoms with Crippen LogP contribution in [0, 0.1) is 5.92 Å². The molecule has 2 heteroatoms. The zero-order chi connectivity index (χ0) is 13.1. The van der Waals surface area contributed by atoms with E-state index in [2.05, 4.69) is 48.5 Å². The first kappa shape index (κ1) is 12.4. The summed E-state index contributed by atoms with van der Waals surface area (Å²) in [4.78, 5) is 9.70. The fourth-order valence-corrected chi connectivity index (χ4v) is 1.71. The number of hydrogen-bond donors (Lipinski definition) is 1. The summed E-state index contributed by atoms with van der Waals surface area (Å²) in [6, 6.07) is 17.4. The average Bonchev–Trinajstić information content (AvgIpc) is 2.35. The van der Waals surface area contributed by atoms with Gasteiger partial charge in [0.05, 0.1) is 5.92 Å². The van der Waals surface area contributed by atoms with Crippen molar-refractivity contribution in [3.8, 4) is 22.3 Å². The van der Waals surface area contributed by atoms with E-state index in [9.17, 15) is 4.79 Å². The molecule has 4 bridgehead atoms. The van der Waals surface area contributed by atoms with Gasteiger partial charge in [-0.15, -0.1) is 0 Å². The van der Waals surface area contributed by atoms with E-state index in [4.69, 9.17) is 5.11 Å². The second-order valence-electron chi connectivity index (χ2n) is 4.65. The number of hydrogen-bond acceptors (Lipinski definition) is 1. The van der Waals surface area contributed by atoms with Crippen molar-refractivity contribution >= 4 is 5.97 Å². The normalized spacial score (nSPS) is 10.6. The molecule has 0 spiro atoms. The van der Waals surface area contributed by atoms with E-state index in [1.807, 2.05) is 0 Å². The lowest BCUT2D eigenvalue weighted by Crippen LogP contribution is -2.03. The predicted octanol–water partition coefficient (Wildman–Crippen LogP) is 4.06. The first-order valence-electron chi connectivity index (χ1n) is 6.01. The Morgan fingerprint density at radius 2 is 0.944 bits per heavy atom. The predicted molar refractivity (Wildman–Crippen MR) is 73.3 cm³/mol. The van der Waals surface area contributed by atoms with E-state index < -0.39 is 5.97 Å². The number of rotatable bonds is 1. The van der Waals surface area contributed by atoms with Crippen LogP contribution in [-0.2, 0) is 4.79 Å². The Kier molecular flexibility index (Phi) is 3.47. The fraction of sp³-hybridized carbons (Fsp3) is 0.188. The number of aliphatic carboxylic acids is 1. The van der Waals surface area contributed by atoms with E-state index in [1.54, 1.807) is 13.8 Å². The van der Waals surface area contributed by atoms with Crippen molar-refractivity contribution < 1.29 is 9.90 Å². The second-order valence-corrected chi connectivity index (χ2v) is 4.65. The minimum atomic E-state index is -0.741. The molecule has 92 valence electrons. The van der Waals surface area contributed by atoms with Crippen LogP contribution in [0.3, 0.4) is 0 Å². The van der Waals surface area contributed by atoms with Crippen LogP contribution in [0.5, 0.6) is 0 Å². The molecule has 4 aliphatic rings. The quantitative estimate of drug-likeness (QED) is 0.696. The van der Waals surface area contributed by atoms with Gasteiger partial charge in [0, 0.05) is 0 Å². The maximum absolute atomic E-state index is 9.70. The Balaban J connectivity index is 0.000000174. The molecule has 2 aromatic carbocycles. The summed E-state index contributed by atoms with van der Waals surface area (Å²) in [5.41, 5.74) is 5.24. The zero-order valence-corrected chi connectivity index (χ0v) is 10.6. The molecule has 0 unspecified atom stereocenters. The van der Waals surface area contributed by atoms with E-state index in [0.29, 0.717) is 0 Å². The monoisotopic (exact) mass is 240 g/mol. The van der Waals surface area contributed by atoms with E-state index >= 15 is 0 Å². The molecule has 1 N–H and O–H groups in total. The molecule has 0 radical (unpaired) electrons. The molecule has 0 atom stereocenters. The summed E-state index contributed by atoms with van der Waals surface area (Å²) in [7, 11) is 0. The van der Waals surface area contributed by atoms with Crippen LogP contribution in [0.4, 0.5) is 0 Å². The summed E-state index contributed by atoms with van der Waals surface area (Å²) < 4.78 is 0. The highest BCUT2D eigenvalue weighted by Crippen LogP contribution is 2.30. The van der Waals surface area contributed by atoms with Gasteiger partial charge < -0.3 is 5.11 Å². The highest BCUT2D eigenvalue weighted by Gasteiger charge is 2.04. The van der Waals surface area contributed by atoms with Crippen LogP contribution in [0.15, 0.2) is 48.5 Å². The smallest absolute Gasteiger partial charge is 0.305 e. The van der Waals surface area contributed by atoms with Gasteiger partial charge in [-0.25, -0.2) is 0 Å². The van der Waals surface area contributed by atoms with Gasteiger partial charge in [0.15, 0.2) is 0 Å². The largest absolute Gasteiger partial charge is 0.481 e. The molecule has 18 heavy (non-hydrogen) atoms. The molecule has 2 nitrogen and oxygen atoms in total. The lowest BCUT2D eigenvalue weighted by atomic mass is 9.95. The van der Waals surface area contributed by atoms with Gasteiger partial charge in [0.25, 0.3) is 0 Å². The Morgan fingerprint density at radius 3 is 1.06 bits per heavy atom. The molecule has 0 fully saturated rings. The molecule has 4 aliphatic carbocycles. The van der Waals surface area contributed by atoms with Crippen LogP contribution < -0.4 is 0 Å². The van der Waals surface area contributed by atoms with Crippen molar-refractivity contribution in [2.45, 2.75) is 13.8 Å². The van der Waals surface area contributed by atoms with E-state index in [-0.39, 0.29) is 5.92 Å². The lowest BCUT2D eigenvalue weighted by molar-refractivity contribution is -0.140. The molecule has 6 rings (SSSR count). The topological polar surface area (TPSA) is 37.3 Å². The second kappa shape index (κ2) is 5.05. The van der Waals surface area contributed by atoms with Crippen LogP contribution in [-0.4, -0.2) is 11.1 Å². The van der Waals surface area contributed by atoms with Crippen molar-refractivity contribution in [1.82, 2.24) is 0 Å². The summed E-state index contributed by atoms with van der Waals surface area (Å²) >= 11 is 0. The summed E-state index contributed by atoms with van der Waals surface area (Å²) in [6.07, 6.45) is 0. The molecular weight excluding hydrogens is 224 g/mol. The maximum Gasteiger partial charge on any atom is 0.305 e.